The molecule has 0 aromatic heterocycles. The maximum atomic E-state index is 13.0. The molecule has 1 fully saturated rings. The molecule has 36 heavy (non-hydrogen) atoms. The zero-order valence-corrected chi connectivity index (χ0v) is 20.1. The molecule has 184 valence electrons. The molecule has 2 heterocycles. The lowest BCUT2D eigenvalue weighted by Gasteiger charge is -2.27. The van der Waals surface area contributed by atoms with E-state index in [-0.39, 0.29) is 36.6 Å². The third-order valence-corrected chi connectivity index (χ3v) is 6.78. The number of nitrogens with one attached hydrogen (secondary N) is 1. The van der Waals surface area contributed by atoms with E-state index in [4.69, 9.17) is 4.74 Å². The normalized spacial score (nSPS) is 15.4. The number of hydrogen-bond acceptors (Lipinski definition) is 5. The van der Waals surface area contributed by atoms with Gasteiger partial charge in [0.15, 0.2) is 0 Å². The maximum Gasteiger partial charge on any atom is 0.261 e. The van der Waals surface area contributed by atoms with E-state index >= 15 is 0 Å². The van der Waals surface area contributed by atoms with Gasteiger partial charge in [0.1, 0.15) is 0 Å². The van der Waals surface area contributed by atoms with Crippen LogP contribution in [0.5, 0.6) is 0 Å². The fraction of sp³-hybridized carbons (Fsp3) is 0.286. The van der Waals surface area contributed by atoms with Gasteiger partial charge in [0.25, 0.3) is 17.7 Å². The molecule has 1 saturated heterocycles. The predicted molar refractivity (Wildman–Crippen MR) is 135 cm³/mol. The van der Waals surface area contributed by atoms with Crippen LogP contribution in [0.1, 0.15) is 49.5 Å². The molecule has 3 aromatic rings. The molecule has 0 bridgehead atoms. The average Bonchev–Trinajstić information content (AvgIpc) is 2.90. The molecule has 0 aliphatic carbocycles. The first-order valence-electron chi connectivity index (χ1n) is 12.1. The van der Waals surface area contributed by atoms with Gasteiger partial charge in [-0.15, -0.1) is 0 Å². The average molecular weight is 486 g/mol. The number of hydrogen-bond donors (Lipinski definition) is 1. The third kappa shape index (κ3) is 4.35. The number of benzene rings is 3. The van der Waals surface area contributed by atoms with Crippen molar-refractivity contribution in [1.82, 2.24) is 9.80 Å². The molecule has 5 rings (SSSR count). The van der Waals surface area contributed by atoms with Gasteiger partial charge in [-0.05, 0) is 48.6 Å². The van der Waals surface area contributed by atoms with Crippen molar-refractivity contribution in [2.75, 3.05) is 38.2 Å². The summed E-state index contributed by atoms with van der Waals surface area (Å²) >= 11 is 0. The minimum Gasteiger partial charge on any atom is -0.378 e. The smallest absolute Gasteiger partial charge is 0.261 e. The van der Waals surface area contributed by atoms with Crippen LogP contribution in [0.25, 0.3) is 10.8 Å². The van der Waals surface area contributed by atoms with Crippen molar-refractivity contribution >= 4 is 40.1 Å². The molecule has 8 nitrogen and oxygen atoms in total. The molecule has 0 radical (unpaired) electrons. The Kier molecular flexibility index (Phi) is 6.52. The molecular formula is C28H27N3O5. The molecule has 0 unspecified atom stereocenters. The minimum atomic E-state index is -0.338. The van der Waals surface area contributed by atoms with Crippen molar-refractivity contribution in [1.29, 1.82) is 0 Å². The number of carbonyl (C=O) groups is 4. The Hall–Kier alpha value is -4.04. The van der Waals surface area contributed by atoms with Gasteiger partial charge >= 0.3 is 0 Å². The van der Waals surface area contributed by atoms with E-state index in [2.05, 4.69) is 5.32 Å². The summed E-state index contributed by atoms with van der Waals surface area (Å²) in [5.74, 6) is -0.998. The Morgan fingerprint density at radius 3 is 2.22 bits per heavy atom. The van der Waals surface area contributed by atoms with Crippen LogP contribution in [0.4, 0.5) is 5.69 Å². The summed E-state index contributed by atoms with van der Waals surface area (Å²) in [5.41, 5.74) is 2.83. The van der Waals surface area contributed by atoms with Gasteiger partial charge in [-0.3, -0.25) is 24.1 Å². The van der Waals surface area contributed by atoms with E-state index in [9.17, 15) is 19.2 Å². The number of rotatable bonds is 6. The maximum absolute atomic E-state index is 13.0. The second-order valence-corrected chi connectivity index (χ2v) is 9.01. The summed E-state index contributed by atoms with van der Waals surface area (Å²) in [5, 5.41) is 4.42. The predicted octanol–water partition coefficient (Wildman–Crippen LogP) is 3.64. The minimum absolute atomic E-state index is 0.0793. The molecule has 0 spiro atoms. The number of anilines is 1. The van der Waals surface area contributed by atoms with Crippen molar-refractivity contribution in [2.24, 2.45) is 0 Å². The quantitative estimate of drug-likeness (QED) is 0.538. The lowest BCUT2D eigenvalue weighted by molar-refractivity contribution is -0.116. The number of nitrogens with zero attached hydrogens (tertiary/aromatic N) is 2. The lowest BCUT2D eigenvalue weighted by Crippen LogP contribution is -2.41. The van der Waals surface area contributed by atoms with Crippen LogP contribution < -0.4 is 5.32 Å². The highest BCUT2D eigenvalue weighted by Gasteiger charge is 2.32. The molecule has 1 N–H and O–H groups in total. The second-order valence-electron chi connectivity index (χ2n) is 9.01. The van der Waals surface area contributed by atoms with Crippen molar-refractivity contribution in [2.45, 2.75) is 19.8 Å². The summed E-state index contributed by atoms with van der Waals surface area (Å²) in [4.78, 5) is 54.6. The second kappa shape index (κ2) is 9.91. The summed E-state index contributed by atoms with van der Waals surface area (Å²) in [6.07, 6.45) is 0.455. The summed E-state index contributed by atoms with van der Waals surface area (Å²) in [6, 6.07) is 16.1. The van der Waals surface area contributed by atoms with Crippen molar-refractivity contribution in [3.63, 3.8) is 0 Å². The zero-order valence-electron chi connectivity index (χ0n) is 20.1. The molecule has 3 aromatic carbocycles. The summed E-state index contributed by atoms with van der Waals surface area (Å²) in [6.45, 7) is 4.08. The molecule has 8 heteroatoms. The zero-order chi connectivity index (χ0) is 25.2. The number of imide groups is 1. The first kappa shape index (κ1) is 23.7. The Morgan fingerprint density at radius 1 is 0.917 bits per heavy atom. The van der Waals surface area contributed by atoms with Crippen LogP contribution in [0, 0.1) is 6.92 Å². The summed E-state index contributed by atoms with van der Waals surface area (Å²) < 4.78 is 5.32. The van der Waals surface area contributed by atoms with Gasteiger partial charge < -0.3 is 15.0 Å². The van der Waals surface area contributed by atoms with E-state index in [1.165, 1.54) is 4.90 Å². The van der Waals surface area contributed by atoms with Crippen molar-refractivity contribution in [3.05, 3.63) is 76.9 Å². The fourth-order valence-corrected chi connectivity index (χ4v) is 4.83. The number of ether oxygens (including phenoxy) is 1. The Bertz CT molecular complexity index is 1330. The lowest BCUT2D eigenvalue weighted by atomic mass is 9.94. The number of morpholine rings is 1. The van der Waals surface area contributed by atoms with Crippen LogP contribution in [0.2, 0.25) is 0 Å². The monoisotopic (exact) mass is 485 g/mol. The number of carbonyl (C=O) groups excluding carboxylic acids is 4. The topological polar surface area (TPSA) is 96.0 Å². The number of amides is 4. The van der Waals surface area contributed by atoms with E-state index in [0.29, 0.717) is 66.1 Å². The highest BCUT2D eigenvalue weighted by molar-refractivity contribution is 6.25. The largest absolute Gasteiger partial charge is 0.378 e. The highest BCUT2D eigenvalue weighted by Crippen LogP contribution is 2.30. The van der Waals surface area contributed by atoms with Gasteiger partial charge in [-0.1, -0.05) is 30.3 Å². The molecule has 4 amide bonds. The van der Waals surface area contributed by atoms with Crippen molar-refractivity contribution < 1.29 is 23.9 Å². The molecule has 2 aliphatic heterocycles. The molecular weight excluding hydrogens is 458 g/mol. The Balaban J connectivity index is 1.22. The van der Waals surface area contributed by atoms with E-state index in [1.807, 2.05) is 19.1 Å². The van der Waals surface area contributed by atoms with E-state index in [0.717, 1.165) is 5.39 Å². The fourth-order valence-electron chi connectivity index (χ4n) is 4.83. The third-order valence-electron chi connectivity index (χ3n) is 6.78. The standard InChI is InChI=1S/C28H27N3O5/c1-18-20(26(33)30-14-16-36-17-15-30)8-4-11-23(18)29-24(32)12-5-13-31-27(34)21-9-2-6-19-7-3-10-22(25(19)21)28(31)35/h2-4,6-11H,5,12-17H2,1H3,(H,29,32). The van der Waals surface area contributed by atoms with Gasteiger partial charge in [0.2, 0.25) is 5.91 Å². The first-order chi connectivity index (χ1) is 17.5. The molecule has 2 aliphatic rings. The van der Waals surface area contributed by atoms with Gasteiger partial charge in [-0.2, -0.15) is 0 Å². The van der Waals surface area contributed by atoms with Crippen molar-refractivity contribution in [3.8, 4) is 0 Å². The summed E-state index contributed by atoms with van der Waals surface area (Å²) in [7, 11) is 0. The van der Waals surface area contributed by atoms with E-state index in [1.54, 1.807) is 47.4 Å². The molecule has 0 saturated carbocycles. The SMILES string of the molecule is Cc1c(NC(=O)CCCN2C(=O)c3cccc4cccc(c34)C2=O)cccc1C(=O)N1CCOCC1. The first-order valence-corrected chi connectivity index (χ1v) is 12.1. The Labute approximate surface area is 208 Å². The van der Waals surface area contributed by atoms with Gasteiger partial charge in [0.05, 0.1) is 13.2 Å². The van der Waals surface area contributed by atoms with E-state index < -0.39 is 0 Å². The van der Waals surface area contributed by atoms with Gasteiger partial charge in [-0.25, -0.2) is 0 Å². The van der Waals surface area contributed by atoms with Crippen LogP contribution in [0.15, 0.2) is 54.6 Å². The highest BCUT2D eigenvalue weighted by atomic mass is 16.5. The van der Waals surface area contributed by atoms with Crippen LogP contribution >= 0.6 is 0 Å². The van der Waals surface area contributed by atoms with Crippen LogP contribution in [0.3, 0.4) is 0 Å². The van der Waals surface area contributed by atoms with Crippen LogP contribution in [-0.2, 0) is 9.53 Å². The Morgan fingerprint density at radius 2 is 1.56 bits per heavy atom. The van der Waals surface area contributed by atoms with Gasteiger partial charge in [0, 0.05) is 53.8 Å². The molecule has 0 atom stereocenters. The van der Waals surface area contributed by atoms with Crippen LogP contribution in [-0.4, -0.2) is 66.3 Å².